The van der Waals surface area contributed by atoms with E-state index in [1.54, 1.807) is 25.1 Å². The largest absolute Gasteiger partial charge is 0.422 e. The molecule has 0 aliphatic rings. The van der Waals surface area contributed by atoms with Gasteiger partial charge in [-0.05, 0) is 36.2 Å². The van der Waals surface area contributed by atoms with Crippen molar-refractivity contribution in [2.24, 2.45) is 0 Å². The molecule has 0 radical (unpaired) electrons. The van der Waals surface area contributed by atoms with Crippen LogP contribution in [0.5, 0.6) is 5.75 Å². The van der Waals surface area contributed by atoms with Crippen molar-refractivity contribution >= 4 is 34.8 Å². The Morgan fingerprint density at radius 3 is 2.69 bits per heavy atom. The second kappa shape index (κ2) is 8.05. The van der Waals surface area contributed by atoms with Crippen molar-refractivity contribution in [3.8, 4) is 5.75 Å². The smallest absolute Gasteiger partial charge is 0.414 e. The summed E-state index contributed by atoms with van der Waals surface area (Å²) >= 11 is 0. The van der Waals surface area contributed by atoms with E-state index in [0.29, 0.717) is 35.0 Å². The van der Waals surface area contributed by atoms with Crippen LogP contribution in [0.4, 0.5) is 16.2 Å². The molecule has 0 aliphatic heterocycles. The van der Waals surface area contributed by atoms with Crippen molar-refractivity contribution in [1.82, 2.24) is 4.90 Å². The maximum absolute atomic E-state index is 12.6. The molecule has 3 aromatic rings. The molecule has 1 heterocycles. The van der Waals surface area contributed by atoms with Gasteiger partial charge in [-0.3, -0.25) is 4.79 Å². The number of nitrogens with zero attached hydrogens (tertiary/aromatic N) is 1. The number of rotatable bonds is 5. The summed E-state index contributed by atoms with van der Waals surface area (Å²) in [6.07, 6.45) is 0.204. The van der Waals surface area contributed by atoms with Gasteiger partial charge in [-0.15, -0.1) is 0 Å². The first-order valence-corrected chi connectivity index (χ1v) is 8.84. The Balaban J connectivity index is 2.12. The highest BCUT2D eigenvalue weighted by Crippen LogP contribution is 2.33. The number of nitrogens with one attached hydrogen (secondary N) is 1. The summed E-state index contributed by atoms with van der Waals surface area (Å²) in [6.45, 7) is 1.80. The Kier molecular flexibility index (Phi) is 5.54. The van der Waals surface area contributed by atoms with Gasteiger partial charge in [0.2, 0.25) is 6.41 Å². The van der Waals surface area contributed by atoms with Gasteiger partial charge in [0.05, 0.1) is 5.69 Å². The molecule has 29 heavy (non-hydrogen) atoms. The molecule has 0 fully saturated rings. The highest BCUT2D eigenvalue weighted by molar-refractivity contribution is 5.91. The topological polar surface area (TPSA) is 115 Å². The van der Waals surface area contributed by atoms with Crippen molar-refractivity contribution in [3.63, 3.8) is 0 Å². The Morgan fingerprint density at radius 1 is 1.28 bits per heavy atom. The van der Waals surface area contributed by atoms with Crippen LogP contribution in [-0.4, -0.2) is 31.5 Å². The van der Waals surface area contributed by atoms with E-state index in [1.165, 1.54) is 25.1 Å². The zero-order chi connectivity index (χ0) is 21.1. The summed E-state index contributed by atoms with van der Waals surface area (Å²) < 4.78 is 10.8. The lowest BCUT2D eigenvalue weighted by atomic mass is 9.99. The summed E-state index contributed by atoms with van der Waals surface area (Å²) in [5.41, 5.74) is 8.55. The number of ether oxygens (including phenoxy) is 1. The minimum absolute atomic E-state index is 0.0782. The first-order valence-electron chi connectivity index (χ1n) is 8.84. The average Bonchev–Trinajstić information content (AvgIpc) is 2.66. The van der Waals surface area contributed by atoms with Gasteiger partial charge in [0.25, 0.3) is 0 Å². The molecule has 0 saturated carbocycles. The average molecular weight is 395 g/mol. The highest BCUT2D eigenvalue weighted by atomic mass is 16.6. The fraction of sp³-hybridized carbons (Fsp3) is 0.190. The molecule has 150 valence electrons. The first-order chi connectivity index (χ1) is 13.8. The monoisotopic (exact) mass is 395 g/mol. The molecule has 8 heteroatoms. The minimum Gasteiger partial charge on any atom is -0.422 e. The van der Waals surface area contributed by atoms with E-state index in [2.05, 4.69) is 5.32 Å². The molecule has 0 unspecified atom stereocenters. The zero-order valence-corrected chi connectivity index (χ0v) is 16.3. The predicted molar refractivity (Wildman–Crippen MR) is 110 cm³/mol. The van der Waals surface area contributed by atoms with Crippen molar-refractivity contribution in [2.75, 3.05) is 25.1 Å². The van der Waals surface area contributed by atoms with Crippen LogP contribution >= 0.6 is 0 Å². The van der Waals surface area contributed by atoms with Crippen LogP contribution in [0.2, 0.25) is 0 Å². The van der Waals surface area contributed by atoms with Gasteiger partial charge < -0.3 is 25.1 Å². The first kappa shape index (κ1) is 19.9. The number of nitrogens with two attached hydrogens (primary N) is 1. The van der Waals surface area contributed by atoms with Crippen LogP contribution < -0.4 is 21.4 Å². The third-order valence-corrected chi connectivity index (χ3v) is 4.50. The van der Waals surface area contributed by atoms with Crippen LogP contribution in [0.1, 0.15) is 16.7 Å². The summed E-state index contributed by atoms with van der Waals surface area (Å²) in [5.74, 6) is 0.0782. The van der Waals surface area contributed by atoms with Gasteiger partial charge >= 0.3 is 11.7 Å². The van der Waals surface area contributed by atoms with E-state index in [1.807, 2.05) is 12.1 Å². The lowest BCUT2D eigenvalue weighted by Crippen LogP contribution is -2.25. The second-order valence-electron chi connectivity index (χ2n) is 6.78. The number of hydrogen-bond donors (Lipinski definition) is 2. The van der Waals surface area contributed by atoms with E-state index >= 15 is 0 Å². The lowest BCUT2D eigenvalue weighted by molar-refractivity contribution is -0.105. The molecular formula is C21H21N3O5. The van der Waals surface area contributed by atoms with E-state index in [4.69, 9.17) is 14.9 Å². The minimum atomic E-state index is -0.629. The van der Waals surface area contributed by atoms with E-state index in [0.717, 1.165) is 5.56 Å². The molecule has 3 N–H and O–H groups in total. The number of fused-ring (bicyclic) bond motifs is 1. The summed E-state index contributed by atoms with van der Waals surface area (Å²) in [7, 11) is 3.06. The molecule has 2 amide bonds. The summed E-state index contributed by atoms with van der Waals surface area (Å²) in [6, 6.07) is 10.3. The standard InChI is InChI=1S/C21H21N3O5/c1-12-15-9-17(23-11-25)19(29-21(27)24(2)3)10-18(15)28-20(26)16(12)8-13-5-4-6-14(22)7-13/h4-7,9-11H,8,22H2,1-3H3,(H,23,25). The third kappa shape index (κ3) is 4.21. The van der Waals surface area contributed by atoms with E-state index in [-0.39, 0.29) is 17.0 Å². The van der Waals surface area contributed by atoms with Crippen LogP contribution in [0, 0.1) is 6.92 Å². The van der Waals surface area contributed by atoms with Crippen molar-refractivity contribution < 1.29 is 18.7 Å². The molecule has 0 spiro atoms. The second-order valence-corrected chi connectivity index (χ2v) is 6.78. The van der Waals surface area contributed by atoms with Gasteiger partial charge in [0.1, 0.15) is 5.58 Å². The Morgan fingerprint density at radius 2 is 2.03 bits per heavy atom. The zero-order valence-electron chi connectivity index (χ0n) is 16.3. The molecule has 0 saturated heterocycles. The van der Waals surface area contributed by atoms with Gasteiger partial charge in [-0.1, -0.05) is 12.1 Å². The molecule has 0 aliphatic carbocycles. The number of nitrogen functional groups attached to an aromatic ring is 1. The molecule has 3 rings (SSSR count). The fourth-order valence-electron chi connectivity index (χ4n) is 2.97. The summed E-state index contributed by atoms with van der Waals surface area (Å²) in [4.78, 5) is 36.8. The van der Waals surface area contributed by atoms with Gasteiger partial charge in [-0.2, -0.15) is 0 Å². The molecule has 1 aromatic heterocycles. The van der Waals surface area contributed by atoms with Gasteiger partial charge in [0, 0.05) is 43.2 Å². The third-order valence-electron chi connectivity index (χ3n) is 4.50. The van der Waals surface area contributed by atoms with Crippen LogP contribution in [0.15, 0.2) is 45.6 Å². The number of benzene rings is 2. The van der Waals surface area contributed by atoms with E-state index in [9.17, 15) is 14.4 Å². The normalized spacial score (nSPS) is 10.6. The Hall–Kier alpha value is -3.81. The fourth-order valence-corrected chi connectivity index (χ4v) is 2.97. The molecular weight excluding hydrogens is 374 g/mol. The Bertz CT molecular complexity index is 1150. The molecule has 0 bridgehead atoms. The number of hydrogen-bond acceptors (Lipinski definition) is 6. The quantitative estimate of drug-likeness (QED) is 0.390. The molecule has 2 aromatic carbocycles. The van der Waals surface area contributed by atoms with Crippen LogP contribution in [-0.2, 0) is 11.2 Å². The lowest BCUT2D eigenvalue weighted by Gasteiger charge is -2.15. The Labute approximate surface area is 166 Å². The molecule has 0 atom stereocenters. The number of carbonyl (C=O) groups is 2. The predicted octanol–water partition coefficient (Wildman–Crippen LogP) is 2.90. The number of aryl methyl sites for hydroxylation is 1. The van der Waals surface area contributed by atoms with Crippen molar-refractivity contribution in [1.29, 1.82) is 0 Å². The van der Waals surface area contributed by atoms with Crippen LogP contribution in [0.25, 0.3) is 11.0 Å². The maximum Gasteiger partial charge on any atom is 0.414 e. The van der Waals surface area contributed by atoms with Gasteiger partial charge in [0.15, 0.2) is 5.75 Å². The van der Waals surface area contributed by atoms with Crippen molar-refractivity contribution in [3.05, 3.63) is 63.5 Å². The molecule has 8 nitrogen and oxygen atoms in total. The van der Waals surface area contributed by atoms with Crippen LogP contribution in [0.3, 0.4) is 0 Å². The summed E-state index contributed by atoms with van der Waals surface area (Å²) in [5, 5.41) is 3.14. The number of amides is 2. The highest BCUT2D eigenvalue weighted by Gasteiger charge is 2.18. The van der Waals surface area contributed by atoms with Crippen molar-refractivity contribution in [2.45, 2.75) is 13.3 Å². The number of carbonyl (C=O) groups excluding carboxylic acids is 2. The van der Waals surface area contributed by atoms with Gasteiger partial charge in [-0.25, -0.2) is 9.59 Å². The maximum atomic E-state index is 12.6. The SMILES string of the molecule is Cc1c(Cc2cccc(N)c2)c(=O)oc2cc(OC(=O)N(C)C)c(NC=O)cc12. The number of anilines is 2. The van der Waals surface area contributed by atoms with E-state index < -0.39 is 11.7 Å².